The quantitative estimate of drug-likeness (QED) is 0.797. The lowest BCUT2D eigenvalue weighted by Crippen LogP contribution is -2.29. The molecule has 18 heavy (non-hydrogen) atoms. The van der Waals surface area contributed by atoms with Crippen molar-refractivity contribution in [1.29, 1.82) is 0 Å². The first kappa shape index (κ1) is 15.0. The van der Waals surface area contributed by atoms with Crippen LogP contribution in [0.25, 0.3) is 0 Å². The van der Waals surface area contributed by atoms with Crippen LogP contribution in [-0.4, -0.2) is 13.1 Å². The Kier molecular flexibility index (Phi) is 6.20. The molecule has 0 heterocycles. The highest BCUT2D eigenvalue weighted by Crippen LogP contribution is 2.23. The zero-order chi connectivity index (χ0) is 13.5. The zero-order valence-electron chi connectivity index (χ0n) is 12.4. The van der Waals surface area contributed by atoms with Gasteiger partial charge in [0.25, 0.3) is 0 Å². The summed E-state index contributed by atoms with van der Waals surface area (Å²) < 4.78 is 0. The fourth-order valence-electron chi connectivity index (χ4n) is 2.46. The number of rotatable bonds is 7. The van der Waals surface area contributed by atoms with Crippen molar-refractivity contribution in [3.8, 4) is 0 Å². The maximum absolute atomic E-state index is 5.69. The summed E-state index contributed by atoms with van der Waals surface area (Å²) in [5.41, 5.74) is 9.61. The summed E-state index contributed by atoms with van der Waals surface area (Å²) in [4.78, 5) is 2.49. The van der Waals surface area contributed by atoms with Crippen LogP contribution in [0.2, 0.25) is 0 Å². The molecule has 0 unspecified atom stereocenters. The van der Waals surface area contributed by atoms with E-state index in [0.29, 0.717) is 6.54 Å². The maximum Gasteiger partial charge on any atom is 0.0396 e. The molecule has 2 N–H and O–H groups in total. The molecule has 2 nitrogen and oxygen atoms in total. The number of anilines is 1. The van der Waals surface area contributed by atoms with Crippen molar-refractivity contribution in [2.45, 2.75) is 47.1 Å². The third-order valence-electron chi connectivity index (χ3n) is 3.85. The second-order valence-corrected chi connectivity index (χ2v) is 5.05. The highest BCUT2D eigenvalue weighted by Gasteiger charge is 2.12. The molecule has 0 atom stereocenters. The van der Waals surface area contributed by atoms with Crippen molar-refractivity contribution in [1.82, 2.24) is 0 Å². The number of benzene rings is 1. The summed E-state index contributed by atoms with van der Waals surface area (Å²) >= 11 is 0. The fraction of sp³-hybridized carbons (Fsp3) is 0.625. The monoisotopic (exact) mass is 248 g/mol. The lowest BCUT2D eigenvalue weighted by atomic mass is 10.0. The van der Waals surface area contributed by atoms with Crippen molar-refractivity contribution in [2.75, 3.05) is 18.0 Å². The predicted octanol–water partition coefficient (Wildman–Crippen LogP) is 3.72. The van der Waals surface area contributed by atoms with Crippen LogP contribution in [0.15, 0.2) is 18.2 Å². The molecule has 0 aromatic heterocycles. The van der Waals surface area contributed by atoms with E-state index in [0.717, 1.165) is 19.0 Å². The van der Waals surface area contributed by atoms with Crippen molar-refractivity contribution in [3.63, 3.8) is 0 Å². The molecular formula is C16H28N2. The van der Waals surface area contributed by atoms with Gasteiger partial charge in [-0.05, 0) is 37.0 Å². The molecule has 102 valence electrons. The molecule has 0 aliphatic heterocycles. The van der Waals surface area contributed by atoms with E-state index in [1.54, 1.807) is 0 Å². The van der Waals surface area contributed by atoms with E-state index in [-0.39, 0.29) is 0 Å². The van der Waals surface area contributed by atoms with Crippen LogP contribution in [0.3, 0.4) is 0 Å². The van der Waals surface area contributed by atoms with Crippen LogP contribution < -0.4 is 10.6 Å². The van der Waals surface area contributed by atoms with Gasteiger partial charge in [-0.1, -0.05) is 38.8 Å². The molecule has 0 fully saturated rings. The van der Waals surface area contributed by atoms with Crippen LogP contribution >= 0.6 is 0 Å². The van der Waals surface area contributed by atoms with Crippen molar-refractivity contribution in [3.05, 3.63) is 29.3 Å². The Morgan fingerprint density at radius 2 is 1.83 bits per heavy atom. The van der Waals surface area contributed by atoms with Crippen molar-refractivity contribution in [2.24, 2.45) is 11.7 Å². The molecule has 0 saturated heterocycles. The minimum absolute atomic E-state index is 0.625. The Morgan fingerprint density at radius 1 is 1.17 bits per heavy atom. The van der Waals surface area contributed by atoms with Gasteiger partial charge in [-0.3, -0.25) is 0 Å². The first-order chi connectivity index (χ1) is 8.65. The highest BCUT2D eigenvalue weighted by atomic mass is 15.1. The van der Waals surface area contributed by atoms with Crippen molar-refractivity contribution < 1.29 is 0 Å². The van der Waals surface area contributed by atoms with Gasteiger partial charge in [-0.25, -0.2) is 0 Å². The van der Waals surface area contributed by atoms with Gasteiger partial charge >= 0.3 is 0 Å². The SMILES string of the molecule is CCC(CC)CN(CC)c1ccc(CN)cc1C. The normalized spacial score (nSPS) is 11.0. The van der Waals surface area contributed by atoms with E-state index in [2.05, 4.69) is 50.8 Å². The highest BCUT2D eigenvalue weighted by molar-refractivity contribution is 5.54. The summed E-state index contributed by atoms with van der Waals surface area (Å²) in [6.45, 7) is 11.8. The molecular weight excluding hydrogens is 220 g/mol. The molecule has 0 spiro atoms. The maximum atomic E-state index is 5.69. The van der Waals surface area contributed by atoms with Crippen molar-refractivity contribution >= 4 is 5.69 Å². The Labute approximate surface area is 112 Å². The number of hydrogen-bond donors (Lipinski definition) is 1. The lowest BCUT2D eigenvalue weighted by molar-refractivity contribution is 0.486. The smallest absolute Gasteiger partial charge is 0.0396 e. The molecule has 0 bridgehead atoms. The van der Waals surface area contributed by atoms with Gasteiger partial charge in [0.15, 0.2) is 0 Å². The Balaban J connectivity index is 2.87. The Morgan fingerprint density at radius 3 is 2.28 bits per heavy atom. The Hall–Kier alpha value is -1.02. The van der Waals surface area contributed by atoms with E-state index >= 15 is 0 Å². The molecule has 0 saturated carbocycles. The van der Waals surface area contributed by atoms with Crippen LogP contribution in [0.1, 0.15) is 44.7 Å². The molecule has 2 heteroatoms. The number of nitrogens with two attached hydrogens (primary N) is 1. The predicted molar refractivity (Wildman–Crippen MR) is 81.0 cm³/mol. The molecule has 0 radical (unpaired) electrons. The summed E-state index contributed by atoms with van der Waals surface area (Å²) in [6, 6.07) is 6.59. The van der Waals surface area contributed by atoms with Crippen LogP contribution in [0.4, 0.5) is 5.69 Å². The third kappa shape index (κ3) is 3.74. The van der Waals surface area contributed by atoms with E-state index in [9.17, 15) is 0 Å². The minimum Gasteiger partial charge on any atom is -0.371 e. The fourth-order valence-corrected chi connectivity index (χ4v) is 2.46. The molecule has 1 aromatic rings. The summed E-state index contributed by atoms with van der Waals surface area (Å²) in [7, 11) is 0. The largest absolute Gasteiger partial charge is 0.371 e. The molecule has 0 aliphatic carbocycles. The molecule has 0 aliphatic rings. The number of aryl methyl sites for hydroxylation is 1. The van der Waals surface area contributed by atoms with E-state index < -0.39 is 0 Å². The van der Waals surface area contributed by atoms with Gasteiger partial charge in [0.05, 0.1) is 0 Å². The van der Waals surface area contributed by atoms with Gasteiger partial charge in [-0.15, -0.1) is 0 Å². The van der Waals surface area contributed by atoms with Gasteiger partial charge in [0.2, 0.25) is 0 Å². The van der Waals surface area contributed by atoms with E-state index in [1.165, 1.54) is 29.7 Å². The van der Waals surface area contributed by atoms with Crippen LogP contribution in [0, 0.1) is 12.8 Å². The first-order valence-corrected chi connectivity index (χ1v) is 7.20. The van der Waals surface area contributed by atoms with Gasteiger partial charge in [0, 0.05) is 25.3 Å². The van der Waals surface area contributed by atoms with E-state index in [1.807, 2.05) is 0 Å². The minimum atomic E-state index is 0.625. The Bertz CT molecular complexity index is 356. The number of nitrogens with zero attached hydrogens (tertiary/aromatic N) is 1. The zero-order valence-corrected chi connectivity index (χ0v) is 12.4. The van der Waals surface area contributed by atoms with Gasteiger partial charge in [0.1, 0.15) is 0 Å². The summed E-state index contributed by atoms with van der Waals surface area (Å²) in [6.07, 6.45) is 2.51. The average molecular weight is 248 g/mol. The molecule has 0 amide bonds. The first-order valence-electron chi connectivity index (χ1n) is 7.20. The van der Waals surface area contributed by atoms with Crippen LogP contribution in [-0.2, 0) is 6.54 Å². The summed E-state index contributed by atoms with van der Waals surface area (Å²) in [5.74, 6) is 0.790. The molecule has 1 rings (SSSR count). The lowest BCUT2D eigenvalue weighted by Gasteiger charge is -2.29. The van der Waals surface area contributed by atoms with Gasteiger partial charge in [-0.2, -0.15) is 0 Å². The topological polar surface area (TPSA) is 29.3 Å². The van der Waals surface area contributed by atoms with Crippen LogP contribution in [0.5, 0.6) is 0 Å². The molecule has 1 aromatic carbocycles. The third-order valence-corrected chi connectivity index (χ3v) is 3.85. The van der Waals surface area contributed by atoms with E-state index in [4.69, 9.17) is 5.73 Å². The standard InChI is InChI=1S/C16H28N2/c1-5-14(6-2)12-18(7-3)16-9-8-15(11-17)10-13(16)4/h8-10,14H,5-7,11-12,17H2,1-4H3. The average Bonchev–Trinajstić information content (AvgIpc) is 2.41. The van der Waals surface area contributed by atoms with Gasteiger partial charge < -0.3 is 10.6 Å². The second kappa shape index (κ2) is 7.42. The summed E-state index contributed by atoms with van der Waals surface area (Å²) in [5, 5.41) is 0. The number of hydrogen-bond acceptors (Lipinski definition) is 2. The second-order valence-electron chi connectivity index (χ2n) is 5.05.